The Kier molecular flexibility index (Phi) is 4.52. The molecule has 0 aromatic heterocycles. The number of alkyl halides is 2. The molecule has 0 spiro atoms. The zero-order chi connectivity index (χ0) is 15.5. The molecule has 2 rings (SSSR count). The number of halogens is 3. The van der Waals surface area contributed by atoms with Crippen LogP contribution < -0.4 is 5.32 Å². The van der Waals surface area contributed by atoms with Gasteiger partial charge in [-0.1, -0.05) is 30.3 Å². The maximum absolute atomic E-state index is 13.5. The first-order chi connectivity index (χ1) is 9.93. The third-order valence-corrected chi connectivity index (χ3v) is 4.29. The van der Waals surface area contributed by atoms with E-state index in [1.54, 1.807) is 6.07 Å². The molecule has 0 radical (unpaired) electrons. The molecule has 0 saturated heterocycles. The number of benzene rings is 2. The average Bonchev–Trinajstić information content (AvgIpc) is 2.46. The maximum atomic E-state index is 13.5. The second-order valence-corrected chi connectivity index (χ2v) is 6.13. The summed E-state index contributed by atoms with van der Waals surface area (Å²) >= 11 is 0. The summed E-state index contributed by atoms with van der Waals surface area (Å²) in [5.41, 5.74) is 0.322. The molecule has 21 heavy (non-hydrogen) atoms. The van der Waals surface area contributed by atoms with Gasteiger partial charge in [-0.25, -0.2) is 12.8 Å². The van der Waals surface area contributed by atoms with E-state index in [9.17, 15) is 21.6 Å². The quantitative estimate of drug-likeness (QED) is 0.919. The van der Waals surface area contributed by atoms with E-state index in [1.165, 1.54) is 36.4 Å². The van der Waals surface area contributed by atoms with Gasteiger partial charge >= 0.3 is 5.76 Å². The van der Waals surface area contributed by atoms with Crippen molar-refractivity contribution in [3.05, 3.63) is 59.9 Å². The van der Waals surface area contributed by atoms with Gasteiger partial charge in [-0.2, -0.15) is 8.78 Å². The molecule has 2 aromatic rings. The number of hydrogen-bond donors (Lipinski definition) is 1. The van der Waals surface area contributed by atoms with E-state index in [0.717, 1.165) is 6.07 Å². The van der Waals surface area contributed by atoms with Gasteiger partial charge in [-0.15, -0.1) is 0 Å². The fourth-order valence-corrected chi connectivity index (χ4v) is 2.70. The molecule has 0 atom stereocenters. The van der Waals surface area contributed by atoms with Crippen molar-refractivity contribution < 1.29 is 21.6 Å². The van der Waals surface area contributed by atoms with Gasteiger partial charge in [0.15, 0.2) is 0 Å². The van der Waals surface area contributed by atoms with E-state index in [4.69, 9.17) is 0 Å². The Bertz CT molecular complexity index is 733. The predicted octanol–water partition coefficient (Wildman–Crippen LogP) is 3.43. The standard InChI is InChI=1S/C14H12F3NO2S/c15-11-6-2-1-5-10(11)9-18-12-7-3-4-8-13(12)21(19,20)14(16)17/h1-8,14,18H,9H2. The van der Waals surface area contributed by atoms with Crippen molar-refractivity contribution in [1.29, 1.82) is 0 Å². The van der Waals surface area contributed by atoms with Crippen LogP contribution in [0.25, 0.3) is 0 Å². The number of rotatable bonds is 5. The Hall–Kier alpha value is -2.02. The van der Waals surface area contributed by atoms with Crippen LogP contribution in [0.2, 0.25) is 0 Å². The highest BCUT2D eigenvalue weighted by atomic mass is 32.2. The molecule has 2 aromatic carbocycles. The van der Waals surface area contributed by atoms with Gasteiger partial charge < -0.3 is 5.32 Å². The van der Waals surface area contributed by atoms with Crippen LogP contribution in [0.5, 0.6) is 0 Å². The lowest BCUT2D eigenvalue weighted by Gasteiger charge is -2.12. The summed E-state index contributed by atoms with van der Waals surface area (Å²) in [6, 6.07) is 11.2. The Morgan fingerprint density at radius 2 is 1.62 bits per heavy atom. The highest BCUT2D eigenvalue weighted by molar-refractivity contribution is 7.91. The molecule has 0 aliphatic heterocycles. The van der Waals surface area contributed by atoms with Gasteiger partial charge in [0.25, 0.3) is 0 Å². The number of nitrogens with one attached hydrogen (secondary N) is 1. The SMILES string of the molecule is O=S(=O)(c1ccccc1NCc1ccccc1F)C(F)F. The summed E-state index contributed by atoms with van der Waals surface area (Å²) in [6.07, 6.45) is 0. The highest BCUT2D eigenvalue weighted by Crippen LogP contribution is 2.26. The summed E-state index contributed by atoms with van der Waals surface area (Å²) < 4.78 is 61.9. The van der Waals surface area contributed by atoms with Crippen LogP contribution in [-0.2, 0) is 16.4 Å². The zero-order valence-corrected chi connectivity index (χ0v) is 11.6. The summed E-state index contributed by atoms with van der Waals surface area (Å²) in [4.78, 5) is -0.503. The fourth-order valence-electron chi connectivity index (χ4n) is 1.79. The molecule has 0 amide bonds. The van der Waals surface area contributed by atoms with E-state index in [-0.39, 0.29) is 12.2 Å². The largest absolute Gasteiger partial charge is 0.380 e. The molecule has 1 N–H and O–H groups in total. The predicted molar refractivity (Wildman–Crippen MR) is 73.4 cm³/mol. The van der Waals surface area contributed by atoms with Crippen molar-refractivity contribution in [2.45, 2.75) is 17.2 Å². The molecule has 0 bridgehead atoms. The Morgan fingerprint density at radius 3 is 2.29 bits per heavy atom. The molecule has 112 valence electrons. The molecule has 0 saturated carbocycles. The minimum atomic E-state index is -4.71. The maximum Gasteiger partial charge on any atom is 0.341 e. The molecule has 0 heterocycles. The topological polar surface area (TPSA) is 46.2 Å². The van der Waals surface area contributed by atoms with Crippen LogP contribution in [0.4, 0.5) is 18.9 Å². The summed E-state index contributed by atoms with van der Waals surface area (Å²) in [6.45, 7) is -0.0115. The summed E-state index contributed by atoms with van der Waals surface area (Å²) in [7, 11) is -4.71. The fraction of sp³-hybridized carbons (Fsp3) is 0.143. The van der Waals surface area contributed by atoms with Gasteiger partial charge in [0.2, 0.25) is 9.84 Å². The second kappa shape index (κ2) is 6.17. The second-order valence-electron chi connectivity index (χ2n) is 4.25. The highest BCUT2D eigenvalue weighted by Gasteiger charge is 2.28. The van der Waals surface area contributed by atoms with Gasteiger partial charge in [-0.3, -0.25) is 0 Å². The van der Waals surface area contributed by atoms with Crippen molar-refractivity contribution >= 4 is 15.5 Å². The minimum Gasteiger partial charge on any atom is -0.380 e. The van der Waals surface area contributed by atoms with E-state index < -0.39 is 26.3 Å². The summed E-state index contributed by atoms with van der Waals surface area (Å²) in [5.74, 6) is -3.96. The minimum absolute atomic E-state index is 0.0115. The van der Waals surface area contributed by atoms with E-state index in [0.29, 0.717) is 5.56 Å². The lowest BCUT2D eigenvalue weighted by Crippen LogP contribution is -2.14. The average molecular weight is 315 g/mol. The van der Waals surface area contributed by atoms with Crippen LogP contribution >= 0.6 is 0 Å². The van der Waals surface area contributed by atoms with Gasteiger partial charge in [0, 0.05) is 12.1 Å². The number of sulfone groups is 1. The van der Waals surface area contributed by atoms with Gasteiger partial charge in [0.1, 0.15) is 5.82 Å². The molecule has 0 fully saturated rings. The lowest BCUT2D eigenvalue weighted by atomic mass is 10.2. The van der Waals surface area contributed by atoms with Crippen LogP contribution in [0, 0.1) is 5.82 Å². The normalized spacial score (nSPS) is 11.6. The van der Waals surface area contributed by atoms with Crippen molar-refractivity contribution in [2.24, 2.45) is 0 Å². The molecule has 3 nitrogen and oxygen atoms in total. The zero-order valence-electron chi connectivity index (χ0n) is 10.8. The van der Waals surface area contributed by atoms with E-state index >= 15 is 0 Å². The van der Waals surface area contributed by atoms with Crippen LogP contribution in [0.15, 0.2) is 53.4 Å². The smallest absolute Gasteiger partial charge is 0.341 e. The first kappa shape index (κ1) is 15.4. The number of anilines is 1. The first-order valence-electron chi connectivity index (χ1n) is 6.01. The molecule has 7 heteroatoms. The number of hydrogen-bond acceptors (Lipinski definition) is 3. The molecular formula is C14H12F3NO2S. The molecule has 0 unspecified atom stereocenters. The van der Waals surface area contributed by atoms with Gasteiger partial charge in [-0.05, 0) is 18.2 Å². The van der Waals surface area contributed by atoms with E-state index in [1.807, 2.05) is 0 Å². The Balaban J connectivity index is 2.28. The van der Waals surface area contributed by atoms with Crippen molar-refractivity contribution in [1.82, 2.24) is 0 Å². The Labute approximate surface area is 120 Å². The summed E-state index contributed by atoms with van der Waals surface area (Å²) in [5, 5.41) is 2.68. The van der Waals surface area contributed by atoms with Crippen LogP contribution in [0.1, 0.15) is 5.56 Å². The van der Waals surface area contributed by atoms with Gasteiger partial charge in [0.05, 0.1) is 10.6 Å². The van der Waals surface area contributed by atoms with Crippen molar-refractivity contribution in [2.75, 3.05) is 5.32 Å². The first-order valence-corrected chi connectivity index (χ1v) is 7.56. The number of para-hydroxylation sites is 1. The third kappa shape index (κ3) is 3.36. The van der Waals surface area contributed by atoms with Crippen LogP contribution in [0.3, 0.4) is 0 Å². The third-order valence-electron chi connectivity index (χ3n) is 2.86. The van der Waals surface area contributed by atoms with Crippen molar-refractivity contribution in [3.63, 3.8) is 0 Å². The van der Waals surface area contributed by atoms with Crippen molar-refractivity contribution in [3.8, 4) is 0 Å². The molecule has 0 aliphatic rings. The van der Waals surface area contributed by atoms with E-state index in [2.05, 4.69) is 5.32 Å². The Morgan fingerprint density at radius 1 is 1.00 bits per heavy atom. The van der Waals surface area contributed by atoms with Crippen LogP contribution in [-0.4, -0.2) is 14.2 Å². The lowest BCUT2D eigenvalue weighted by molar-refractivity contribution is 0.235. The molecule has 0 aliphatic carbocycles. The molecular weight excluding hydrogens is 303 g/mol. The monoisotopic (exact) mass is 315 g/mol.